The Balaban J connectivity index is 1.02. The first-order valence-electron chi connectivity index (χ1n) is 28.7. The fraction of sp³-hybridized carbons (Fsp3) is 0.143. The first-order valence-corrected chi connectivity index (χ1v) is 28.7. The molecule has 0 aliphatic heterocycles. The van der Waals surface area contributed by atoms with E-state index in [2.05, 4.69) is 285 Å². The van der Waals surface area contributed by atoms with Crippen LogP contribution in [0.5, 0.6) is 0 Å². The molecule has 2 nitrogen and oxygen atoms in total. The van der Waals surface area contributed by atoms with Crippen molar-refractivity contribution in [3.63, 3.8) is 0 Å². The Bertz CT molecular complexity index is 4140. The van der Waals surface area contributed by atoms with Gasteiger partial charge >= 0.3 is 0 Å². The summed E-state index contributed by atoms with van der Waals surface area (Å²) in [6.45, 7) is 4.77. The minimum Gasteiger partial charge on any atom is -0.310 e. The highest BCUT2D eigenvalue weighted by Gasteiger charge is 2.55. The van der Waals surface area contributed by atoms with E-state index in [4.69, 9.17) is 0 Å². The summed E-state index contributed by atoms with van der Waals surface area (Å²) in [4.78, 5) is 5.14. The zero-order valence-electron chi connectivity index (χ0n) is 44.8. The van der Waals surface area contributed by atoms with Crippen LogP contribution in [0, 0.1) is 11.8 Å². The van der Waals surface area contributed by atoms with Crippen LogP contribution in [0.4, 0.5) is 34.1 Å². The number of rotatable bonds is 9. The quantitative estimate of drug-likeness (QED) is 0.142. The number of nitrogens with zero attached hydrogens (tertiary/aromatic N) is 2. The molecule has 16 rings (SSSR count). The van der Waals surface area contributed by atoms with Crippen LogP contribution in [0.15, 0.2) is 261 Å². The van der Waals surface area contributed by atoms with E-state index in [-0.39, 0.29) is 5.41 Å². The van der Waals surface area contributed by atoms with Crippen molar-refractivity contribution >= 4 is 34.1 Å². The third-order valence-corrected chi connectivity index (χ3v) is 19.1. The van der Waals surface area contributed by atoms with Crippen molar-refractivity contribution in [1.29, 1.82) is 0 Å². The zero-order valence-corrected chi connectivity index (χ0v) is 44.8. The summed E-state index contributed by atoms with van der Waals surface area (Å²) in [6.07, 6.45) is 5.50. The van der Waals surface area contributed by atoms with Crippen molar-refractivity contribution in [2.24, 2.45) is 11.8 Å². The van der Waals surface area contributed by atoms with Crippen molar-refractivity contribution in [2.45, 2.75) is 56.3 Å². The van der Waals surface area contributed by atoms with Gasteiger partial charge in [-0.1, -0.05) is 220 Å². The standard InChI is InChI=1S/C77H60N2/c1-76(2)67-32-18-15-29-61(67)65-49-59(41-43-68(65)76)79(58-27-13-6-14-28-58)75-60(52-37-39-53(40-38-52)64-46-50-35-36-54(64)45-50)42-44-71-73(75)63-31-17-20-34-70(63)77(71)69-33-19-16-30-62(69)66-47-55(51-21-7-3-8-22-51)48-72(74(66)77)78(56-23-9-4-10-24-56)57-25-11-5-12-26-57/h3-34,37-44,47-50,54,64H,35-36,45-46H2,1-2H3. The van der Waals surface area contributed by atoms with Gasteiger partial charge in [0.1, 0.15) is 0 Å². The van der Waals surface area contributed by atoms with Gasteiger partial charge < -0.3 is 9.80 Å². The third kappa shape index (κ3) is 6.83. The summed E-state index contributed by atoms with van der Waals surface area (Å²) in [5.74, 6) is 2.36. The second kappa shape index (κ2) is 17.8. The summed E-state index contributed by atoms with van der Waals surface area (Å²) in [6, 6.07) is 99.1. The van der Waals surface area contributed by atoms with Gasteiger partial charge in [-0.15, -0.1) is 0 Å². The molecule has 11 aromatic carbocycles. The number of fused-ring (bicyclic) bond motifs is 15. The van der Waals surface area contributed by atoms with Gasteiger partial charge in [-0.05, 0) is 176 Å². The Morgan fingerprint density at radius 3 is 1.53 bits per heavy atom. The zero-order chi connectivity index (χ0) is 52.4. The number of benzene rings is 11. The lowest BCUT2D eigenvalue weighted by molar-refractivity contribution is 0.420. The molecule has 11 aromatic rings. The van der Waals surface area contributed by atoms with Crippen LogP contribution in [0.3, 0.4) is 0 Å². The first kappa shape index (κ1) is 46.1. The Hall–Kier alpha value is -8.98. The molecule has 4 atom stereocenters. The lowest BCUT2D eigenvalue weighted by atomic mass is 9.69. The van der Waals surface area contributed by atoms with E-state index in [1.54, 1.807) is 0 Å². The van der Waals surface area contributed by atoms with E-state index < -0.39 is 5.41 Å². The third-order valence-electron chi connectivity index (χ3n) is 19.1. The molecule has 0 aromatic heterocycles. The molecular weight excluding hydrogens is 953 g/mol. The van der Waals surface area contributed by atoms with Gasteiger partial charge in [-0.3, -0.25) is 0 Å². The van der Waals surface area contributed by atoms with E-state index in [1.165, 1.54) is 126 Å². The number of anilines is 6. The van der Waals surface area contributed by atoms with Crippen LogP contribution < -0.4 is 9.80 Å². The molecule has 2 bridgehead atoms. The van der Waals surface area contributed by atoms with Gasteiger partial charge in [0.25, 0.3) is 0 Å². The second-order valence-electron chi connectivity index (χ2n) is 23.5. The normalized spacial score (nSPS) is 19.1. The lowest BCUT2D eigenvalue weighted by Crippen LogP contribution is -2.28. The summed E-state index contributed by atoms with van der Waals surface area (Å²) in [7, 11) is 0. The van der Waals surface area contributed by atoms with Crippen LogP contribution in [0.2, 0.25) is 0 Å². The molecule has 5 aliphatic carbocycles. The summed E-state index contributed by atoms with van der Waals surface area (Å²) in [5.41, 5.74) is 28.0. The van der Waals surface area contributed by atoms with Gasteiger partial charge in [0, 0.05) is 44.9 Å². The van der Waals surface area contributed by atoms with Gasteiger partial charge in [0.15, 0.2) is 0 Å². The molecule has 2 saturated carbocycles. The van der Waals surface area contributed by atoms with E-state index in [9.17, 15) is 0 Å². The molecule has 0 amide bonds. The van der Waals surface area contributed by atoms with Crippen LogP contribution in [-0.4, -0.2) is 0 Å². The average molecular weight is 1010 g/mol. The Morgan fingerprint density at radius 1 is 0.354 bits per heavy atom. The molecule has 4 unspecified atom stereocenters. The fourth-order valence-corrected chi connectivity index (χ4v) is 15.7. The molecule has 0 N–H and O–H groups in total. The maximum atomic E-state index is 2.61. The van der Waals surface area contributed by atoms with Gasteiger partial charge in [-0.2, -0.15) is 0 Å². The Labute approximate surface area is 465 Å². The average Bonchev–Trinajstić information content (AvgIpc) is 3.21. The smallest absolute Gasteiger partial charge is 0.0746 e. The largest absolute Gasteiger partial charge is 0.310 e. The molecule has 2 fully saturated rings. The molecule has 0 radical (unpaired) electrons. The maximum Gasteiger partial charge on any atom is 0.0746 e. The monoisotopic (exact) mass is 1010 g/mol. The van der Waals surface area contributed by atoms with Crippen molar-refractivity contribution in [1.82, 2.24) is 0 Å². The van der Waals surface area contributed by atoms with Crippen molar-refractivity contribution < 1.29 is 0 Å². The molecule has 0 saturated heterocycles. The first-order chi connectivity index (χ1) is 38.9. The predicted molar refractivity (Wildman–Crippen MR) is 329 cm³/mol. The number of hydrogen-bond donors (Lipinski definition) is 0. The molecule has 0 heterocycles. The highest BCUT2D eigenvalue weighted by atomic mass is 15.2. The maximum absolute atomic E-state index is 2.61. The summed E-state index contributed by atoms with van der Waals surface area (Å²) >= 11 is 0. The predicted octanol–water partition coefficient (Wildman–Crippen LogP) is 20.5. The Morgan fingerprint density at radius 2 is 0.899 bits per heavy atom. The SMILES string of the molecule is CC1(C)c2ccccc2-c2cc(N(c3ccccc3)c3c(-c4ccc(C5CC6CCC5C6)cc4)ccc4c3-c3ccccc3C43c4ccccc4-c4cc(-c5ccccc5)cc(N(c5ccccc5)c5ccccc5)c43)ccc21. The highest BCUT2D eigenvalue weighted by Crippen LogP contribution is 2.68. The minimum atomic E-state index is -0.716. The second-order valence-corrected chi connectivity index (χ2v) is 23.5. The topological polar surface area (TPSA) is 6.48 Å². The van der Waals surface area contributed by atoms with Crippen molar-refractivity contribution in [2.75, 3.05) is 9.80 Å². The number of para-hydroxylation sites is 3. The van der Waals surface area contributed by atoms with Gasteiger partial charge in [0.2, 0.25) is 0 Å². The molecule has 1 spiro atoms. The van der Waals surface area contributed by atoms with Crippen LogP contribution >= 0.6 is 0 Å². The van der Waals surface area contributed by atoms with Crippen molar-refractivity contribution in [3.8, 4) is 55.6 Å². The van der Waals surface area contributed by atoms with E-state index in [0.717, 1.165) is 40.3 Å². The molecular formula is C77H60N2. The van der Waals surface area contributed by atoms with Crippen LogP contribution in [0.1, 0.15) is 84.4 Å². The summed E-state index contributed by atoms with van der Waals surface area (Å²) < 4.78 is 0. The summed E-state index contributed by atoms with van der Waals surface area (Å²) in [5, 5.41) is 0. The lowest BCUT2D eigenvalue weighted by Gasteiger charge is -2.37. The molecule has 79 heavy (non-hydrogen) atoms. The Kier molecular flexibility index (Phi) is 10.4. The fourth-order valence-electron chi connectivity index (χ4n) is 15.7. The van der Waals surface area contributed by atoms with Crippen LogP contribution in [0.25, 0.3) is 55.6 Å². The van der Waals surface area contributed by atoms with Crippen LogP contribution in [-0.2, 0) is 10.8 Å². The molecule has 5 aliphatic rings. The van der Waals surface area contributed by atoms with E-state index in [0.29, 0.717) is 5.92 Å². The van der Waals surface area contributed by atoms with Gasteiger partial charge in [-0.25, -0.2) is 0 Å². The van der Waals surface area contributed by atoms with E-state index >= 15 is 0 Å². The molecule has 378 valence electrons. The number of hydrogen-bond acceptors (Lipinski definition) is 2. The molecule has 2 heteroatoms. The highest BCUT2D eigenvalue weighted by molar-refractivity contribution is 6.08. The minimum absolute atomic E-state index is 0.123. The van der Waals surface area contributed by atoms with Crippen molar-refractivity contribution in [3.05, 3.63) is 300 Å². The van der Waals surface area contributed by atoms with E-state index in [1.807, 2.05) is 0 Å². The van der Waals surface area contributed by atoms with Gasteiger partial charge in [0.05, 0.1) is 16.8 Å².